The van der Waals surface area contributed by atoms with Crippen molar-refractivity contribution in [1.82, 2.24) is 0 Å². The fourth-order valence-electron chi connectivity index (χ4n) is 3.47. The van der Waals surface area contributed by atoms with Gasteiger partial charge in [0.05, 0.1) is 5.56 Å². The van der Waals surface area contributed by atoms with Crippen molar-refractivity contribution in [2.45, 2.75) is 6.17 Å². The molecule has 5 rings (SSSR count). The molecule has 0 N–H and O–H groups in total. The fourth-order valence-corrected chi connectivity index (χ4v) is 3.47. The second kappa shape index (κ2) is 3.09. The van der Waals surface area contributed by atoms with E-state index in [0.29, 0.717) is 6.17 Å². The molecule has 0 spiro atoms. The topological polar surface area (TPSA) is 7.76 Å². The Morgan fingerprint density at radius 1 is 0.684 bits per heavy atom. The molecule has 0 radical (unpaired) electrons. The molecule has 0 bridgehead atoms. The Labute approximate surface area is 111 Å². The summed E-state index contributed by atoms with van der Waals surface area (Å²) in [6.07, 6.45) is 2.47. The van der Waals surface area contributed by atoms with E-state index in [1.165, 1.54) is 28.2 Å². The van der Waals surface area contributed by atoms with Crippen LogP contribution < -0.4 is 9.13 Å². The van der Waals surface area contributed by atoms with E-state index >= 15 is 0 Å². The van der Waals surface area contributed by atoms with E-state index in [0.717, 1.165) is 0 Å². The normalized spacial score (nSPS) is 16.9. The zero-order chi connectivity index (χ0) is 12.4. The third kappa shape index (κ3) is 0.990. The first kappa shape index (κ1) is 9.45. The Balaban J connectivity index is 1.99. The molecule has 2 aliphatic rings. The van der Waals surface area contributed by atoms with Crippen LogP contribution in [0.5, 0.6) is 0 Å². The average molecular weight is 244 g/mol. The molecule has 0 fully saturated rings. The van der Waals surface area contributed by atoms with Gasteiger partial charge in [-0.1, -0.05) is 12.1 Å². The van der Waals surface area contributed by atoms with Crippen LogP contribution in [-0.4, -0.2) is 0 Å². The first-order valence-corrected chi connectivity index (χ1v) is 6.59. The van der Waals surface area contributed by atoms with Crippen LogP contribution in [-0.2, 0) is 0 Å². The van der Waals surface area contributed by atoms with E-state index in [9.17, 15) is 0 Å². The lowest BCUT2D eigenvalue weighted by atomic mass is 10.1. The largest absolute Gasteiger partial charge is 0.382 e. The monoisotopic (exact) mass is 244 g/mol. The Hall–Kier alpha value is -2.48. The van der Waals surface area contributed by atoms with Crippen LogP contribution in [0.4, 0.5) is 0 Å². The van der Waals surface area contributed by atoms with Crippen molar-refractivity contribution in [3.8, 4) is 22.6 Å². The summed E-state index contributed by atoms with van der Waals surface area (Å²) in [4.78, 5) is 0. The minimum Gasteiger partial charge on any atom is -0.127 e. The molecular formula is C17H12N2+2. The van der Waals surface area contributed by atoms with Gasteiger partial charge in [-0.25, -0.2) is 0 Å². The van der Waals surface area contributed by atoms with E-state index < -0.39 is 0 Å². The molecule has 0 saturated heterocycles. The van der Waals surface area contributed by atoms with E-state index in [1.807, 2.05) is 0 Å². The van der Waals surface area contributed by atoms with Gasteiger partial charge in [-0.05, 0) is 24.3 Å². The Morgan fingerprint density at radius 3 is 2.47 bits per heavy atom. The van der Waals surface area contributed by atoms with Crippen molar-refractivity contribution in [3.63, 3.8) is 0 Å². The third-order valence-corrected chi connectivity index (χ3v) is 4.20. The van der Waals surface area contributed by atoms with Gasteiger partial charge in [0.15, 0.2) is 6.20 Å². The summed E-state index contributed by atoms with van der Waals surface area (Å²) in [5.41, 5.74) is 6.67. The summed E-state index contributed by atoms with van der Waals surface area (Å²) in [5, 5.41) is 0. The number of rotatable bonds is 0. The molecule has 0 amide bonds. The standard InChI is InChI=1S/C17H12N2/c1-2-7-13-12(6-1)14-9-5-10-16-15-8-3-4-11-18(15)17(13)19(14)16/h1-11,17H/q+2/t17-/m0/s1. The second-order valence-corrected chi connectivity index (χ2v) is 5.12. The molecule has 4 heterocycles. The smallest absolute Gasteiger partial charge is 0.127 e. The van der Waals surface area contributed by atoms with Crippen LogP contribution in [0.3, 0.4) is 0 Å². The zero-order valence-electron chi connectivity index (χ0n) is 10.3. The van der Waals surface area contributed by atoms with Crippen LogP contribution in [0.15, 0.2) is 66.9 Å². The predicted octanol–water partition coefficient (Wildman–Crippen LogP) is 2.32. The van der Waals surface area contributed by atoms with Crippen molar-refractivity contribution in [2.75, 3.05) is 0 Å². The highest BCUT2D eigenvalue weighted by Crippen LogP contribution is 2.37. The summed E-state index contributed by atoms with van der Waals surface area (Å²) in [6.45, 7) is 0. The third-order valence-electron chi connectivity index (χ3n) is 4.20. The first-order valence-electron chi connectivity index (χ1n) is 6.59. The summed E-state index contributed by atoms with van der Waals surface area (Å²) in [6, 6.07) is 21.7. The molecule has 0 unspecified atom stereocenters. The first-order chi connectivity index (χ1) is 9.45. The average Bonchev–Trinajstić information content (AvgIpc) is 2.99. The lowest BCUT2D eigenvalue weighted by molar-refractivity contribution is -0.890. The van der Waals surface area contributed by atoms with E-state index in [2.05, 4.69) is 76.0 Å². The van der Waals surface area contributed by atoms with Gasteiger partial charge in [-0.3, -0.25) is 0 Å². The number of aromatic nitrogens is 2. The molecule has 2 nitrogen and oxygen atoms in total. The Morgan fingerprint density at radius 2 is 1.47 bits per heavy atom. The maximum absolute atomic E-state index is 2.44. The molecule has 88 valence electrons. The Kier molecular flexibility index (Phi) is 1.54. The zero-order valence-corrected chi connectivity index (χ0v) is 10.3. The van der Waals surface area contributed by atoms with Gasteiger partial charge in [0.25, 0.3) is 11.4 Å². The summed E-state index contributed by atoms with van der Waals surface area (Å²) >= 11 is 0. The van der Waals surface area contributed by atoms with Crippen LogP contribution in [0, 0.1) is 0 Å². The molecule has 1 aromatic carbocycles. The van der Waals surface area contributed by atoms with Gasteiger partial charge < -0.3 is 0 Å². The van der Waals surface area contributed by atoms with Crippen molar-refractivity contribution < 1.29 is 9.13 Å². The minimum absolute atomic E-state index is 0.290. The van der Waals surface area contributed by atoms with Gasteiger partial charge in [0.1, 0.15) is 5.56 Å². The predicted molar refractivity (Wildman–Crippen MR) is 71.2 cm³/mol. The number of hydrogen-bond acceptors (Lipinski definition) is 0. The van der Waals surface area contributed by atoms with Gasteiger partial charge in [0.2, 0.25) is 5.69 Å². The lowest BCUT2D eigenvalue weighted by Gasteiger charge is -1.97. The van der Waals surface area contributed by atoms with Crippen LogP contribution >= 0.6 is 0 Å². The molecule has 0 saturated carbocycles. The number of pyridine rings is 2. The van der Waals surface area contributed by atoms with Crippen molar-refractivity contribution in [3.05, 3.63) is 72.4 Å². The highest BCUT2D eigenvalue weighted by Gasteiger charge is 2.52. The van der Waals surface area contributed by atoms with Crippen molar-refractivity contribution in [1.29, 1.82) is 0 Å². The van der Waals surface area contributed by atoms with Gasteiger partial charge in [-0.2, -0.15) is 0 Å². The summed E-state index contributed by atoms with van der Waals surface area (Å²) in [5.74, 6) is 0. The summed E-state index contributed by atoms with van der Waals surface area (Å²) < 4.78 is 4.81. The highest BCUT2D eigenvalue weighted by molar-refractivity contribution is 5.66. The van der Waals surface area contributed by atoms with Gasteiger partial charge in [0, 0.05) is 24.3 Å². The molecule has 2 aliphatic heterocycles. The SMILES string of the molecule is c1ccc2c(c1)-c1cccc3[n+]1[C@@H]2[n+]1ccccc1-3. The second-order valence-electron chi connectivity index (χ2n) is 5.12. The molecule has 3 aromatic rings. The van der Waals surface area contributed by atoms with Crippen LogP contribution in [0.1, 0.15) is 11.7 Å². The van der Waals surface area contributed by atoms with Crippen molar-refractivity contribution in [2.24, 2.45) is 0 Å². The minimum atomic E-state index is 0.290. The van der Waals surface area contributed by atoms with E-state index in [-0.39, 0.29) is 0 Å². The molecular weight excluding hydrogens is 232 g/mol. The molecule has 0 aliphatic carbocycles. The number of nitrogens with zero attached hydrogens (tertiary/aromatic N) is 2. The Bertz CT molecular complexity index is 770. The van der Waals surface area contributed by atoms with Crippen LogP contribution in [0.2, 0.25) is 0 Å². The van der Waals surface area contributed by atoms with Crippen LogP contribution in [0.25, 0.3) is 22.6 Å². The number of benzene rings is 1. The number of hydrogen-bond donors (Lipinski definition) is 0. The van der Waals surface area contributed by atoms with E-state index in [1.54, 1.807) is 0 Å². The summed E-state index contributed by atoms with van der Waals surface area (Å²) in [7, 11) is 0. The maximum atomic E-state index is 2.44. The molecule has 19 heavy (non-hydrogen) atoms. The number of fused-ring (bicyclic) bond motifs is 6. The quantitative estimate of drug-likeness (QED) is 0.369. The molecule has 2 aromatic heterocycles. The molecule has 2 heteroatoms. The lowest BCUT2D eigenvalue weighted by Crippen LogP contribution is -2.50. The van der Waals surface area contributed by atoms with Crippen molar-refractivity contribution >= 4 is 0 Å². The van der Waals surface area contributed by atoms with E-state index in [4.69, 9.17) is 0 Å². The maximum Gasteiger partial charge on any atom is 0.382 e. The highest BCUT2D eigenvalue weighted by atomic mass is 15.3. The van der Waals surface area contributed by atoms with Gasteiger partial charge in [-0.15, -0.1) is 9.13 Å². The van der Waals surface area contributed by atoms with Gasteiger partial charge >= 0.3 is 6.17 Å². The fraction of sp³-hybridized carbons (Fsp3) is 0.0588. The molecule has 1 atom stereocenters.